The normalized spacial score (nSPS) is 24.7. The fourth-order valence-corrected chi connectivity index (χ4v) is 16.2. The average Bonchev–Trinajstić information content (AvgIpc) is 0.777. The Bertz CT molecular complexity index is 2390. The fraction of sp³-hybridized carbons (Fsp3) is 0.867. The minimum Gasteiger partial charge on any atom is -0.394 e. The van der Waals surface area contributed by atoms with Gasteiger partial charge in [-0.25, -0.2) is 0 Å². The summed E-state index contributed by atoms with van der Waals surface area (Å²) in [6.07, 6.45) is 78.0. The van der Waals surface area contributed by atoms with E-state index in [0.29, 0.717) is 12.8 Å². The molecule has 0 aromatic carbocycles. The van der Waals surface area contributed by atoms with Crippen LogP contribution in [0.4, 0.5) is 0 Å². The van der Waals surface area contributed by atoms with E-state index >= 15 is 0 Å². The molecule has 17 unspecified atom stereocenters. The highest BCUT2D eigenvalue weighted by atomic mass is 16.8. The van der Waals surface area contributed by atoms with Gasteiger partial charge in [0.05, 0.1) is 38.6 Å². The van der Waals surface area contributed by atoms with Crippen molar-refractivity contribution >= 4 is 5.91 Å². The Morgan fingerprint density at radius 3 is 0.915 bits per heavy atom. The topological polar surface area (TPSA) is 307 Å². The van der Waals surface area contributed by atoms with Crippen molar-refractivity contribution in [1.29, 1.82) is 0 Å². The quantitative estimate of drug-likeness (QED) is 0.0199. The highest BCUT2D eigenvalue weighted by Crippen LogP contribution is 2.34. The first-order chi connectivity index (χ1) is 57.3. The first-order valence-corrected chi connectivity index (χ1v) is 48.7. The van der Waals surface area contributed by atoms with Gasteiger partial charge in [0, 0.05) is 6.42 Å². The minimum absolute atomic E-state index is 0.234. The number of hydrogen-bond donors (Lipinski definition) is 12. The molecule has 1 amide bonds. The Kier molecular flexibility index (Phi) is 71.2. The number of ether oxygens (including phenoxy) is 6. The van der Waals surface area contributed by atoms with E-state index in [1.165, 1.54) is 321 Å². The largest absolute Gasteiger partial charge is 0.394 e. The van der Waals surface area contributed by atoms with E-state index < -0.39 is 124 Å². The van der Waals surface area contributed by atoms with Crippen LogP contribution in [0.15, 0.2) is 72.9 Å². The van der Waals surface area contributed by atoms with E-state index in [1.54, 1.807) is 6.08 Å². The molecule has 0 aromatic heterocycles. The highest BCUT2D eigenvalue weighted by molar-refractivity contribution is 5.76. The van der Waals surface area contributed by atoms with Crippen LogP contribution in [0.3, 0.4) is 0 Å². The van der Waals surface area contributed by atoms with Crippen LogP contribution in [0.1, 0.15) is 412 Å². The van der Waals surface area contributed by atoms with Crippen LogP contribution in [0.25, 0.3) is 0 Å². The number of rotatable bonds is 80. The summed E-state index contributed by atoms with van der Waals surface area (Å²) in [5, 5.41) is 121. The van der Waals surface area contributed by atoms with Gasteiger partial charge in [-0.2, -0.15) is 0 Å². The predicted octanol–water partition coefficient (Wildman–Crippen LogP) is 19.9. The lowest BCUT2D eigenvalue weighted by molar-refractivity contribution is -0.379. The van der Waals surface area contributed by atoms with Gasteiger partial charge in [-0.3, -0.25) is 4.79 Å². The van der Waals surface area contributed by atoms with E-state index in [-0.39, 0.29) is 18.9 Å². The van der Waals surface area contributed by atoms with Gasteiger partial charge in [0.2, 0.25) is 5.91 Å². The molecule has 3 saturated heterocycles. The lowest BCUT2D eigenvalue weighted by Crippen LogP contribution is -2.66. The molecule has 3 aliphatic heterocycles. The second-order valence-corrected chi connectivity index (χ2v) is 34.5. The molecule has 0 spiro atoms. The molecule has 0 saturated carbocycles. The summed E-state index contributed by atoms with van der Waals surface area (Å²) < 4.78 is 34.5. The van der Waals surface area contributed by atoms with Gasteiger partial charge in [0.25, 0.3) is 0 Å². The van der Waals surface area contributed by atoms with Crippen LogP contribution < -0.4 is 5.32 Å². The molecule has 12 N–H and O–H groups in total. The first-order valence-electron chi connectivity index (χ1n) is 48.7. The number of aliphatic hydroxyl groups excluding tert-OH is 11. The zero-order valence-corrected chi connectivity index (χ0v) is 74.2. The number of hydrogen-bond acceptors (Lipinski definition) is 18. The third-order valence-corrected chi connectivity index (χ3v) is 24.0. The molecule has 19 nitrogen and oxygen atoms in total. The van der Waals surface area contributed by atoms with Crippen molar-refractivity contribution in [2.24, 2.45) is 0 Å². The van der Waals surface area contributed by atoms with Gasteiger partial charge in [-0.15, -0.1) is 0 Å². The molecule has 117 heavy (non-hydrogen) atoms. The third kappa shape index (κ3) is 54.6. The minimum atomic E-state index is -1.99. The van der Waals surface area contributed by atoms with Gasteiger partial charge in [-0.1, -0.05) is 395 Å². The summed E-state index contributed by atoms with van der Waals surface area (Å²) in [5.74, 6) is -0.283. The summed E-state index contributed by atoms with van der Waals surface area (Å²) in [4.78, 5) is 13.5. The number of nitrogens with one attached hydrogen (secondary N) is 1. The van der Waals surface area contributed by atoms with Crippen molar-refractivity contribution in [1.82, 2.24) is 5.32 Å². The van der Waals surface area contributed by atoms with E-state index in [4.69, 9.17) is 28.4 Å². The molecule has 19 heteroatoms. The average molecular weight is 1660 g/mol. The lowest BCUT2D eigenvalue weighted by atomic mass is 9.96. The third-order valence-electron chi connectivity index (χ3n) is 24.0. The second-order valence-electron chi connectivity index (χ2n) is 34.5. The molecule has 0 aromatic rings. The summed E-state index contributed by atoms with van der Waals surface area (Å²) >= 11 is 0. The molecule has 0 aliphatic carbocycles. The van der Waals surface area contributed by atoms with Gasteiger partial charge in [0.15, 0.2) is 18.9 Å². The molecule has 3 fully saturated rings. The monoisotopic (exact) mass is 1660 g/mol. The van der Waals surface area contributed by atoms with Crippen LogP contribution in [0.2, 0.25) is 0 Å². The number of aliphatic hydroxyl groups is 11. The van der Waals surface area contributed by atoms with Crippen molar-refractivity contribution in [2.45, 2.75) is 516 Å². The number of unbranched alkanes of at least 4 members (excludes halogenated alkanes) is 54. The van der Waals surface area contributed by atoms with Crippen LogP contribution in [0, 0.1) is 0 Å². The maximum Gasteiger partial charge on any atom is 0.220 e. The lowest BCUT2D eigenvalue weighted by Gasteiger charge is -2.48. The van der Waals surface area contributed by atoms with Crippen molar-refractivity contribution < 1.29 is 89.4 Å². The summed E-state index contributed by atoms with van der Waals surface area (Å²) in [5.41, 5.74) is 0. The maximum atomic E-state index is 13.5. The Morgan fingerprint density at radius 1 is 0.308 bits per heavy atom. The fourth-order valence-electron chi connectivity index (χ4n) is 16.2. The summed E-state index contributed by atoms with van der Waals surface area (Å²) in [6, 6.07) is -1.00. The van der Waals surface area contributed by atoms with Gasteiger partial charge < -0.3 is 89.9 Å². The SMILES string of the molecule is CCCCCCC/C=C\C/C=C\C/C=C\CCCCCCCCCCCCCCCCCCCCCCCCCCC(=O)NC(COC1OC(CO)C(OC2OC(CO)C(OC3OC(CO)C(O)C(O)C3O)C(O)C2O)C(O)C1O)C(O)/C=C/CC/C=C/CC/C=C/CCCCCCCCCCCCCCCCCCCCCCCCC. The van der Waals surface area contributed by atoms with Gasteiger partial charge in [0.1, 0.15) is 73.2 Å². The van der Waals surface area contributed by atoms with Gasteiger partial charge >= 0.3 is 0 Å². The number of carbonyl (C=O) groups excluding carboxylic acids is 1. The van der Waals surface area contributed by atoms with Crippen LogP contribution in [0.5, 0.6) is 0 Å². The molecule has 0 bridgehead atoms. The van der Waals surface area contributed by atoms with Crippen LogP contribution in [-0.4, -0.2) is 193 Å². The highest BCUT2D eigenvalue weighted by Gasteiger charge is 2.54. The second kappa shape index (κ2) is 76.8. The number of amides is 1. The Labute approximate surface area is 712 Å². The Hall–Kier alpha value is -2.77. The van der Waals surface area contributed by atoms with Crippen molar-refractivity contribution in [3.8, 4) is 0 Å². The Balaban J connectivity index is 1.31. The zero-order chi connectivity index (χ0) is 84.5. The van der Waals surface area contributed by atoms with E-state index in [2.05, 4.69) is 79.9 Å². The molecule has 0 radical (unpaired) electrons. The molecule has 17 atom stereocenters. The maximum absolute atomic E-state index is 13.5. The van der Waals surface area contributed by atoms with E-state index in [9.17, 15) is 61.0 Å². The molecular weight excluding hydrogens is 1480 g/mol. The number of allylic oxidation sites excluding steroid dienone is 11. The summed E-state index contributed by atoms with van der Waals surface area (Å²) in [7, 11) is 0. The zero-order valence-electron chi connectivity index (χ0n) is 74.2. The molecular formula is C98H179NO18. The molecule has 3 aliphatic rings. The van der Waals surface area contributed by atoms with Gasteiger partial charge in [-0.05, 0) is 83.5 Å². The summed E-state index contributed by atoms with van der Waals surface area (Å²) in [6.45, 7) is 1.76. The first kappa shape index (κ1) is 108. The molecule has 3 heterocycles. The van der Waals surface area contributed by atoms with Crippen molar-refractivity contribution in [3.05, 3.63) is 72.9 Å². The number of carbonyl (C=O) groups is 1. The predicted molar refractivity (Wildman–Crippen MR) is 475 cm³/mol. The molecule has 684 valence electrons. The van der Waals surface area contributed by atoms with Crippen molar-refractivity contribution in [3.63, 3.8) is 0 Å². The Morgan fingerprint density at radius 2 is 0.573 bits per heavy atom. The smallest absolute Gasteiger partial charge is 0.220 e. The molecule has 3 rings (SSSR count). The van der Waals surface area contributed by atoms with E-state index in [1.807, 2.05) is 6.08 Å². The standard InChI is InChI=1S/C98H179NO18/c1-3-5-7-9-11-13-15-17-19-21-23-25-27-29-31-33-35-37-38-39-40-41-42-44-46-48-50-52-54-56-58-60-62-64-66-68-70-72-74-76-86(104)99-81(82(103)75-73-71-69-67-65-63-61-59-57-55-53-51-49-47-45-43-36-34-32-30-28-26-24-22-20-18-16-14-12-10-8-6-4-2)80-112-96-92(110)89(107)94(84(78-101)114-96)117-98-93(111)90(108)95(85(79-102)115-98)116-97-91(109)88(106)87(105)83(77-100)113-97/h15,17,21,23,27,29,57,59,65,67,73,75,81-85,87-98,100-103,105-111H,3-14,16,18-20,22,24-26,28,30-56,58,60-64,66,68-72,74,76-80H2,1-2H3,(H,99,104)/b17-15-,23-21-,29-27-,59-57+,67-65+,75-73+. The van der Waals surface area contributed by atoms with Crippen LogP contribution >= 0.6 is 0 Å². The van der Waals surface area contributed by atoms with Crippen LogP contribution in [-0.2, 0) is 33.2 Å². The van der Waals surface area contributed by atoms with Crippen molar-refractivity contribution in [2.75, 3.05) is 26.4 Å². The van der Waals surface area contributed by atoms with E-state index in [0.717, 1.165) is 57.8 Å².